The third-order valence-corrected chi connectivity index (χ3v) is 3.67. The Hall–Kier alpha value is -3.68. The summed E-state index contributed by atoms with van der Waals surface area (Å²) in [6.45, 7) is 1.27. The zero-order valence-corrected chi connectivity index (χ0v) is 13.9. The van der Waals surface area contributed by atoms with Crippen LogP contribution in [0, 0.1) is 6.92 Å². The molecule has 0 unspecified atom stereocenters. The Morgan fingerprint density at radius 1 is 1.15 bits per heavy atom. The second-order valence-corrected chi connectivity index (χ2v) is 5.52. The molecule has 26 heavy (non-hydrogen) atoms. The first kappa shape index (κ1) is 17.2. The minimum Gasteiger partial charge on any atom is -0.452 e. The van der Waals surface area contributed by atoms with Gasteiger partial charge in [0.1, 0.15) is 5.82 Å². The number of amides is 3. The first-order valence-electron chi connectivity index (χ1n) is 7.76. The number of hydrogen-bond acceptors (Lipinski definition) is 5. The van der Waals surface area contributed by atoms with Crippen molar-refractivity contribution in [3.63, 3.8) is 0 Å². The van der Waals surface area contributed by atoms with Crippen LogP contribution in [0.25, 0.3) is 16.7 Å². The van der Waals surface area contributed by atoms with Crippen LogP contribution in [0.4, 0.5) is 4.79 Å². The first-order chi connectivity index (χ1) is 12.5. The van der Waals surface area contributed by atoms with Gasteiger partial charge >= 0.3 is 12.0 Å². The van der Waals surface area contributed by atoms with E-state index in [0.717, 1.165) is 17.0 Å². The molecule has 0 saturated carbocycles. The molecule has 132 valence electrons. The Bertz CT molecular complexity index is 995. The van der Waals surface area contributed by atoms with Gasteiger partial charge < -0.3 is 10.5 Å². The average molecular weight is 352 g/mol. The molecule has 1 heterocycles. The number of esters is 1. The molecule has 0 saturated heterocycles. The van der Waals surface area contributed by atoms with Crippen LogP contribution in [-0.2, 0) is 9.53 Å². The molecule has 8 heteroatoms. The third-order valence-electron chi connectivity index (χ3n) is 3.67. The third kappa shape index (κ3) is 3.54. The highest BCUT2D eigenvalue weighted by molar-refractivity contribution is 5.97. The van der Waals surface area contributed by atoms with Gasteiger partial charge in [-0.2, -0.15) is 0 Å². The van der Waals surface area contributed by atoms with Crippen LogP contribution in [0.1, 0.15) is 16.2 Å². The van der Waals surface area contributed by atoms with Crippen LogP contribution in [0.15, 0.2) is 48.5 Å². The van der Waals surface area contributed by atoms with Gasteiger partial charge in [-0.1, -0.05) is 18.2 Å². The minimum absolute atomic E-state index is 0.252. The highest BCUT2D eigenvalue weighted by atomic mass is 16.5. The van der Waals surface area contributed by atoms with Crippen LogP contribution in [0.5, 0.6) is 0 Å². The van der Waals surface area contributed by atoms with Crippen LogP contribution < -0.4 is 11.1 Å². The van der Waals surface area contributed by atoms with Gasteiger partial charge in [0.2, 0.25) is 0 Å². The highest BCUT2D eigenvalue weighted by Crippen LogP contribution is 2.22. The number of carbonyl (C=O) groups is 3. The number of imide groups is 1. The van der Waals surface area contributed by atoms with Gasteiger partial charge in [0.05, 0.1) is 16.6 Å². The fourth-order valence-electron chi connectivity index (χ4n) is 2.62. The van der Waals surface area contributed by atoms with Crippen LogP contribution in [0.2, 0.25) is 0 Å². The van der Waals surface area contributed by atoms with Gasteiger partial charge in [0.15, 0.2) is 6.61 Å². The lowest BCUT2D eigenvalue weighted by molar-refractivity contribution is -0.123. The van der Waals surface area contributed by atoms with Crippen LogP contribution in [0.3, 0.4) is 0 Å². The number of benzene rings is 2. The molecule has 0 radical (unpaired) electrons. The standard InChI is InChI=1S/C18H16N4O4/c1-11-20-14-9-12(17(24)26-10-16(23)21-18(19)25)7-8-15(14)22(11)13-5-3-2-4-6-13/h2-9H,10H2,1H3,(H3,19,21,23,25). The van der Waals surface area contributed by atoms with E-state index in [4.69, 9.17) is 10.5 Å². The lowest BCUT2D eigenvalue weighted by Crippen LogP contribution is -2.37. The quantitative estimate of drug-likeness (QED) is 0.693. The monoisotopic (exact) mass is 352 g/mol. The van der Waals surface area contributed by atoms with Gasteiger partial charge in [0, 0.05) is 5.69 Å². The van der Waals surface area contributed by atoms with Gasteiger partial charge in [0.25, 0.3) is 5.91 Å². The number of aromatic nitrogens is 2. The van der Waals surface area contributed by atoms with E-state index in [-0.39, 0.29) is 5.56 Å². The molecule has 1 aromatic heterocycles. The number of primary amides is 1. The zero-order valence-electron chi connectivity index (χ0n) is 13.9. The number of para-hydroxylation sites is 1. The molecule has 3 aromatic rings. The minimum atomic E-state index is -1.01. The molecule has 3 N–H and O–H groups in total. The molecule has 0 spiro atoms. The number of nitrogens with one attached hydrogen (secondary N) is 1. The number of nitrogens with two attached hydrogens (primary N) is 1. The second-order valence-electron chi connectivity index (χ2n) is 5.52. The average Bonchev–Trinajstić information content (AvgIpc) is 2.94. The summed E-state index contributed by atoms with van der Waals surface area (Å²) in [6, 6.07) is 13.7. The topological polar surface area (TPSA) is 116 Å². The fraction of sp³-hybridized carbons (Fsp3) is 0.111. The van der Waals surface area contributed by atoms with E-state index in [1.165, 1.54) is 0 Å². The molecule has 8 nitrogen and oxygen atoms in total. The number of ether oxygens (including phenoxy) is 1. The SMILES string of the molecule is Cc1nc2cc(C(=O)OCC(=O)NC(N)=O)ccc2n1-c1ccccc1. The lowest BCUT2D eigenvalue weighted by Gasteiger charge is -2.07. The van der Waals surface area contributed by atoms with Crippen molar-refractivity contribution in [1.29, 1.82) is 0 Å². The summed E-state index contributed by atoms with van der Waals surface area (Å²) in [5.74, 6) is -0.716. The summed E-state index contributed by atoms with van der Waals surface area (Å²) in [5.41, 5.74) is 7.50. The van der Waals surface area contributed by atoms with E-state index in [1.807, 2.05) is 47.1 Å². The van der Waals surface area contributed by atoms with Crippen LogP contribution in [-0.4, -0.2) is 34.1 Å². The van der Waals surface area contributed by atoms with Gasteiger partial charge in [-0.05, 0) is 37.3 Å². The smallest absolute Gasteiger partial charge is 0.338 e. The Morgan fingerprint density at radius 3 is 2.58 bits per heavy atom. The number of urea groups is 1. The number of hydrogen-bond donors (Lipinski definition) is 2. The molecule has 0 aliphatic rings. The molecular weight excluding hydrogens is 336 g/mol. The first-order valence-corrected chi connectivity index (χ1v) is 7.76. The fourth-order valence-corrected chi connectivity index (χ4v) is 2.62. The van der Waals surface area contributed by atoms with E-state index < -0.39 is 24.5 Å². The molecular formula is C18H16N4O4. The molecule has 2 aromatic carbocycles. The second kappa shape index (κ2) is 7.06. The maximum Gasteiger partial charge on any atom is 0.338 e. The maximum atomic E-state index is 12.1. The zero-order chi connectivity index (χ0) is 18.7. The molecule has 0 fully saturated rings. The Kier molecular flexibility index (Phi) is 4.66. The van der Waals surface area contributed by atoms with E-state index in [1.54, 1.807) is 18.2 Å². The number of imidazole rings is 1. The van der Waals surface area contributed by atoms with Crippen molar-refractivity contribution >= 4 is 28.9 Å². The van der Waals surface area contributed by atoms with E-state index in [2.05, 4.69) is 4.98 Å². The van der Waals surface area contributed by atoms with Crippen molar-refractivity contribution in [1.82, 2.24) is 14.9 Å². The molecule has 0 bridgehead atoms. The predicted molar refractivity (Wildman–Crippen MR) is 93.8 cm³/mol. The molecule has 3 amide bonds. The van der Waals surface area contributed by atoms with Gasteiger partial charge in [-0.3, -0.25) is 14.7 Å². The number of fused-ring (bicyclic) bond motifs is 1. The van der Waals surface area contributed by atoms with Crippen molar-refractivity contribution in [2.24, 2.45) is 5.73 Å². The number of nitrogens with zero attached hydrogens (tertiary/aromatic N) is 2. The summed E-state index contributed by atoms with van der Waals surface area (Å²) >= 11 is 0. The predicted octanol–water partition coefficient (Wildman–Crippen LogP) is 1.69. The van der Waals surface area contributed by atoms with Gasteiger partial charge in [-0.25, -0.2) is 14.6 Å². The Labute approximate surface area is 148 Å². The van der Waals surface area contributed by atoms with E-state index >= 15 is 0 Å². The van der Waals surface area contributed by atoms with E-state index in [9.17, 15) is 14.4 Å². The van der Waals surface area contributed by atoms with Crippen molar-refractivity contribution < 1.29 is 19.1 Å². The molecule has 0 atom stereocenters. The van der Waals surface area contributed by atoms with Crippen molar-refractivity contribution in [2.75, 3.05) is 6.61 Å². The number of rotatable bonds is 4. The summed E-state index contributed by atoms with van der Waals surface area (Å²) in [4.78, 5) is 38.4. The summed E-state index contributed by atoms with van der Waals surface area (Å²) in [5, 5.41) is 1.82. The number of aryl methyl sites for hydroxylation is 1. The lowest BCUT2D eigenvalue weighted by atomic mass is 10.2. The van der Waals surface area contributed by atoms with Crippen molar-refractivity contribution in [3.8, 4) is 5.69 Å². The Morgan fingerprint density at radius 2 is 1.88 bits per heavy atom. The van der Waals surface area contributed by atoms with Crippen molar-refractivity contribution in [2.45, 2.75) is 6.92 Å². The summed E-state index contributed by atoms with van der Waals surface area (Å²) in [7, 11) is 0. The normalized spacial score (nSPS) is 10.5. The van der Waals surface area contributed by atoms with E-state index in [0.29, 0.717) is 5.52 Å². The van der Waals surface area contributed by atoms with Gasteiger partial charge in [-0.15, -0.1) is 0 Å². The largest absolute Gasteiger partial charge is 0.452 e. The van der Waals surface area contributed by atoms with Crippen LogP contribution >= 0.6 is 0 Å². The summed E-state index contributed by atoms with van der Waals surface area (Å²) < 4.78 is 6.84. The molecule has 3 rings (SSSR count). The molecule has 0 aliphatic heterocycles. The molecule has 0 aliphatic carbocycles. The highest BCUT2D eigenvalue weighted by Gasteiger charge is 2.15. The van der Waals surface area contributed by atoms with Crippen molar-refractivity contribution in [3.05, 3.63) is 59.9 Å². The summed E-state index contributed by atoms with van der Waals surface area (Å²) in [6.07, 6.45) is 0. The number of carbonyl (C=O) groups excluding carboxylic acids is 3. The maximum absolute atomic E-state index is 12.1. The Balaban J connectivity index is 1.83.